The molecule has 2 heterocycles. The normalized spacial score (nSPS) is 21.7. The van der Waals surface area contributed by atoms with E-state index in [9.17, 15) is 4.79 Å². The van der Waals surface area contributed by atoms with Crippen molar-refractivity contribution in [3.8, 4) is 0 Å². The first kappa shape index (κ1) is 8.38. The molecule has 0 amide bonds. The number of pyridine rings is 1. The molecule has 68 valence electrons. The Morgan fingerprint density at radius 3 is 3.08 bits per heavy atom. The van der Waals surface area contributed by atoms with Gasteiger partial charge in [-0.2, -0.15) is 0 Å². The van der Waals surface area contributed by atoms with Crippen LogP contribution in [0.1, 0.15) is 23.3 Å². The highest BCUT2D eigenvalue weighted by Crippen LogP contribution is 2.15. The van der Waals surface area contributed by atoms with Gasteiger partial charge in [-0.15, -0.1) is 0 Å². The number of aromatic nitrogens is 1. The molecule has 1 aromatic rings. The molecule has 13 heavy (non-hydrogen) atoms. The second-order valence-electron chi connectivity index (χ2n) is 3.08. The first-order valence-electron chi connectivity index (χ1n) is 4.45. The number of rotatable bonds is 2. The molecule has 1 aliphatic heterocycles. The fourth-order valence-electron chi connectivity index (χ4n) is 1.46. The van der Waals surface area contributed by atoms with E-state index >= 15 is 0 Å². The molecular weight excluding hydrogens is 166 g/mol. The van der Waals surface area contributed by atoms with Gasteiger partial charge in [0.2, 0.25) is 5.78 Å². The predicted molar refractivity (Wildman–Crippen MR) is 47.5 cm³/mol. The smallest absolute Gasteiger partial charge is 0.209 e. The van der Waals surface area contributed by atoms with Crippen molar-refractivity contribution in [2.75, 3.05) is 6.61 Å². The number of carbonyl (C=O) groups excluding carboxylic acids is 1. The summed E-state index contributed by atoms with van der Waals surface area (Å²) in [7, 11) is 0. The maximum atomic E-state index is 11.7. The number of ether oxygens (including phenoxy) is 1. The minimum absolute atomic E-state index is 0.0121. The van der Waals surface area contributed by atoms with E-state index < -0.39 is 0 Å². The Balaban J connectivity index is 2.13. The lowest BCUT2D eigenvalue weighted by molar-refractivity contribution is 0.0638. The number of hydrogen-bond donors (Lipinski definition) is 0. The average molecular weight is 177 g/mol. The highest BCUT2D eigenvalue weighted by atomic mass is 16.5. The van der Waals surface area contributed by atoms with Crippen molar-refractivity contribution in [1.82, 2.24) is 4.98 Å². The molecule has 2 rings (SSSR count). The Morgan fingerprint density at radius 1 is 1.54 bits per heavy atom. The van der Waals surface area contributed by atoms with Crippen LogP contribution in [0.15, 0.2) is 24.4 Å². The molecule has 0 N–H and O–H groups in total. The first-order chi connectivity index (χ1) is 6.38. The molecule has 0 aliphatic carbocycles. The maximum Gasteiger partial charge on any atom is 0.209 e. The minimum atomic E-state index is -0.255. The second-order valence-corrected chi connectivity index (χ2v) is 3.08. The lowest BCUT2D eigenvalue weighted by Gasteiger charge is -2.06. The molecule has 3 heteroatoms. The largest absolute Gasteiger partial charge is 0.370 e. The lowest BCUT2D eigenvalue weighted by atomic mass is 10.1. The highest BCUT2D eigenvalue weighted by molar-refractivity contribution is 5.97. The molecule has 0 aromatic carbocycles. The van der Waals surface area contributed by atoms with Crippen molar-refractivity contribution >= 4 is 5.78 Å². The maximum absolute atomic E-state index is 11.7. The molecule has 1 unspecified atom stereocenters. The van der Waals surface area contributed by atoms with Gasteiger partial charge in [0.1, 0.15) is 11.8 Å². The van der Waals surface area contributed by atoms with Gasteiger partial charge >= 0.3 is 0 Å². The third-order valence-corrected chi connectivity index (χ3v) is 2.14. The van der Waals surface area contributed by atoms with Crippen LogP contribution in [0.5, 0.6) is 0 Å². The van der Waals surface area contributed by atoms with Gasteiger partial charge in [0.05, 0.1) is 0 Å². The van der Waals surface area contributed by atoms with E-state index in [4.69, 9.17) is 4.74 Å². The standard InChI is InChI=1S/C10H11NO2/c12-10(9-5-3-7-13-9)8-4-1-2-6-11-8/h1-2,4,6,9H,3,5,7H2. The zero-order valence-corrected chi connectivity index (χ0v) is 7.27. The van der Waals surface area contributed by atoms with Crippen LogP contribution in [-0.4, -0.2) is 23.5 Å². The van der Waals surface area contributed by atoms with E-state index in [2.05, 4.69) is 4.98 Å². The fourth-order valence-corrected chi connectivity index (χ4v) is 1.46. The summed E-state index contributed by atoms with van der Waals surface area (Å²) < 4.78 is 5.28. The van der Waals surface area contributed by atoms with Gasteiger partial charge < -0.3 is 4.74 Å². The monoisotopic (exact) mass is 177 g/mol. The van der Waals surface area contributed by atoms with Gasteiger partial charge in [-0.25, -0.2) is 0 Å². The van der Waals surface area contributed by atoms with E-state index in [1.807, 2.05) is 6.07 Å². The van der Waals surface area contributed by atoms with Crippen molar-refractivity contribution in [3.05, 3.63) is 30.1 Å². The summed E-state index contributed by atoms with van der Waals surface area (Å²) in [5, 5.41) is 0. The number of Topliss-reactive ketones (excluding diaryl/α,β-unsaturated/α-hetero) is 1. The van der Waals surface area contributed by atoms with Gasteiger partial charge in [0, 0.05) is 12.8 Å². The van der Waals surface area contributed by atoms with Crippen LogP contribution in [0, 0.1) is 0 Å². The fraction of sp³-hybridized carbons (Fsp3) is 0.400. The van der Waals surface area contributed by atoms with Crippen LogP contribution in [0.25, 0.3) is 0 Å². The molecule has 1 fully saturated rings. The second kappa shape index (κ2) is 3.66. The molecule has 0 radical (unpaired) electrons. The van der Waals surface area contributed by atoms with E-state index in [0.717, 1.165) is 12.8 Å². The summed E-state index contributed by atoms with van der Waals surface area (Å²) in [5.74, 6) is 0.0121. The van der Waals surface area contributed by atoms with E-state index in [1.54, 1.807) is 18.3 Å². The topological polar surface area (TPSA) is 39.2 Å². The molecule has 3 nitrogen and oxygen atoms in total. The third-order valence-electron chi connectivity index (χ3n) is 2.14. The number of ketones is 1. The molecule has 1 aromatic heterocycles. The van der Waals surface area contributed by atoms with E-state index in [0.29, 0.717) is 12.3 Å². The van der Waals surface area contributed by atoms with Crippen LogP contribution in [-0.2, 0) is 4.74 Å². The van der Waals surface area contributed by atoms with Gasteiger partial charge in [-0.05, 0) is 25.0 Å². The SMILES string of the molecule is O=C(c1ccccn1)C1CCCO1. The van der Waals surface area contributed by atoms with Gasteiger partial charge in [0.25, 0.3) is 0 Å². The van der Waals surface area contributed by atoms with Gasteiger partial charge in [-0.1, -0.05) is 6.07 Å². The molecule has 0 bridgehead atoms. The lowest BCUT2D eigenvalue weighted by Crippen LogP contribution is -2.20. The number of hydrogen-bond acceptors (Lipinski definition) is 3. The summed E-state index contributed by atoms with van der Waals surface area (Å²) in [6.07, 6.45) is 3.18. The third kappa shape index (κ3) is 1.75. The van der Waals surface area contributed by atoms with Crippen LogP contribution in [0.2, 0.25) is 0 Å². The van der Waals surface area contributed by atoms with Crippen molar-refractivity contribution in [2.45, 2.75) is 18.9 Å². The summed E-state index contributed by atoms with van der Waals surface area (Å²) in [5.41, 5.74) is 0.509. The molecule has 1 atom stereocenters. The van der Waals surface area contributed by atoms with Gasteiger partial charge in [0.15, 0.2) is 0 Å². The molecular formula is C10H11NO2. The first-order valence-corrected chi connectivity index (χ1v) is 4.45. The Kier molecular flexibility index (Phi) is 2.36. The van der Waals surface area contributed by atoms with Crippen LogP contribution < -0.4 is 0 Å². The summed E-state index contributed by atoms with van der Waals surface area (Å²) in [6.45, 7) is 0.698. The average Bonchev–Trinajstić information content (AvgIpc) is 2.71. The number of nitrogens with zero attached hydrogens (tertiary/aromatic N) is 1. The van der Waals surface area contributed by atoms with Crippen LogP contribution in [0.3, 0.4) is 0 Å². The van der Waals surface area contributed by atoms with Crippen LogP contribution in [0.4, 0.5) is 0 Å². The molecule has 0 saturated carbocycles. The molecule has 1 saturated heterocycles. The Morgan fingerprint density at radius 2 is 2.46 bits per heavy atom. The number of carbonyl (C=O) groups is 1. The van der Waals surface area contributed by atoms with Crippen LogP contribution >= 0.6 is 0 Å². The Bertz CT molecular complexity index is 291. The van der Waals surface area contributed by atoms with Crippen molar-refractivity contribution < 1.29 is 9.53 Å². The van der Waals surface area contributed by atoms with Crippen molar-refractivity contribution in [3.63, 3.8) is 0 Å². The van der Waals surface area contributed by atoms with E-state index in [-0.39, 0.29) is 11.9 Å². The summed E-state index contributed by atoms with van der Waals surface area (Å²) >= 11 is 0. The molecule has 0 spiro atoms. The Labute approximate surface area is 76.7 Å². The zero-order valence-electron chi connectivity index (χ0n) is 7.27. The summed E-state index contributed by atoms with van der Waals surface area (Å²) in [4.78, 5) is 15.7. The molecule has 1 aliphatic rings. The van der Waals surface area contributed by atoms with Crippen molar-refractivity contribution in [2.24, 2.45) is 0 Å². The quantitative estimate of drug-likeness (QED) is 0.642. The minimum Gasteiger partial charge on any atom is -0.370 e. The summed E-state index contributed by atoms with van der Waals surface area (Å²) in [6, 6.07) is 5.34. The van der Waals surface area contributed by atoms with Crippen molar-refractivity contribution in [1.29, 1.82) is 0 Å². The van der Waals surface area contributed by atoms with Gasteiger partial charge in [-0.3, -0.25) is 9.78 Å². The van der Waals surface area contributed by atoms with E-state index in [1.165, 1.54) is 0 Å². The predicted octanol–water partition coefficient (Wildman–Crippen LogP) is 1.44. The highest BCUT2D eigenvalue weighted by Gasteiger charge is 2.25. The zero-order chi connectivity index (χ0) is 9.10. The Hall–Kier alpha value is -1.22.